The molecule has 1 N–H and O–H groups in total. The Kier molecular flexibility index (Phi) is 2.22. The van der Waals surface area contributed by atoms with Crippen LogP contribution in [0.5, 0.6) is 0 Å². The highest BCUT2D eigenvalue weighted by atomic mass is 19.1. The topological polar surface area (TPSA) is 12.0 Å². The molecule has 0 amide bonds. The van der Waals surface area contributed by atoms with Crippen molar-refractivity contribution >= 4 is 5.69 Å². The predicted molar refractivity (Wildman–Crippen MR) is 57.1 cm³/mol. The number of halogens is 1. The largest absolute Gasteiger partial charge is 0.382 e. The standard InChI is InChI=1S/C12H16FN/c1-7(2)12-8(3)14-11-6-9(13)4-5-10(11)12/h4-8,12,14H,1-3H3. The molecule has 1 nitrogen and oxygen atoms in total. The van der Waals surface area contributed by atoms with Crippen LogP contribution in [0.25, 0.3) is 0 Å². The monoisotopic (exact) mass is 193 g/mol. The Morgan fingerprint density at radius 2 is 2.07 bits per heavy atom. The van der Waals surface area contributed by atoms with E-state index >= 15 is 0 Å². The number of hydrogen-bond acceptors (Lipinski definition) is 1. The van der Waals surface area contributed by atoms with Gasteiger partial charge in [0.1, 0.15) is 5.82 Å². The molecule has 1 aromatic rings. The Morgan fingerprint density at radius 3 is 2.71 bits per heavy atom. The first-order chi connectivity index (χ1) is 6.59. The summed E-state index contributed by atoms with van der Waals surface area (Å²) in [6, 6.07) is 5.46. The van der Waals surface area contributed by atoms with Crippen LogP contribution in [0, 0.1) is 11.7 Å². The van der Waals surface area contributed by atoms with Gasteiger partial charge in [-0.3, -0.25) is 0 Å². The molecule has 0 radical (unpaired) electrons. The minimum Gasteiger partial charge on any atom is -0.382 e. The van der Waals surface area contributed by atoms with Gasteiger partial charge in [-0.15, -0.1) is 0 Å². The lowest BCUT2D eigenvalue weighted by atomic mass is 9.86. The number of benzene rings is 1. The SMILES string of the molecule is CC(C)C1c2ccc(F)cc2NC1C. The Bertz CT molecular complexity index is 346. The van der Waals surface area contributed by atoms with Crippen LogP contribution in [0.15, 0.2) is 18.2 Å². The lowest BCUT2D eigenvalue weighted by Crippen LogP contribution is -2.20. The van der Waals surface area contributed by atoms with Crippen LogP contribution in [-0.4, -0.2) is 6.04 Å². The number of anilines is 1. The van der Waals surface area contributed by atoms with Gasteiger partial charge < -0.3 is 5.32 Å². The molecule has 2 atom stereocenters. The maximum Gasteiger partial charge on any atom is 0.125 e. The highest BCUT2D eigenvalue weighted by Gasteiger charge is 2.31. The molecule has 76 valence electrons. The first-order valence-corrected chi connectivity index (χ1v) is 5.15. The van der Waals surface area contributed by atoms with Crippen LogP contribution in [0.2, 0.25) is 0 Å². The van der Waals surface area contributed by atoms with Gasteiger partial charge in [-0.05, 0) is 30.5 Å². The van der Waals surface area contributed by atoms with E-state index in [1.54, 1.807) is 12.1 Å². The van der Waals surface area contributed by atoms with Crippen molar-refractivity contribution in [2.75, 3.05) is 5.32 Å². The second-order valence-electron chi connectivity index (χ2n) is 4.43. The molecule has 1 aliphatic heterocycles. The van der Waals surface area contributed by atoms with E-state index in [1.807, 2.05) is 6.07 Å². The maximum absolute atomic E-state index is 13.0. The van der Waals surface area contributed by atoms with Crippen molar-refractivity contribution in [1.82, 2.24) is 0 Å². The summed E-state index contributed by atoms with van der Waals surface area (Å²) in [6.07, 6.45) is 0. The second kappa shape index (κ2) is 3.26. The normalized spacial score (nSPS) is 24.9. The molecule has 0 spiro atoms. The summed E-state index contributed by atoms with van der Waals surface area (Å²) in [6.45, 7) is 6.57. The van der Waals surface area contributed by atoms with Crippen molar-refractivity contribution in [1.29, 1.82) is 0 Å². The average molecular weight is 193 g/mol. The van der Waals surface area contributed by atoms with E-state index in [4.69, 9.17) is 0 Å². The van der Waals surface area contributed by atoms with Gasteiger partial charge in [0.15, 0.2) is 0 Å². The van der Waals surface area contributed by atoms with Crippen molar-refractivity contribution in [3.8, 4) is 0 Å². The first kappa shape index (κ1) is 9.50. The van der Waals surface area contributed by atoms with Gasteiger partial charge in [0, 0.05) is 17.6 Å². The lowest BCUT2D eigenvalue weighted by Gasteiger charge is -2.19. The molecule has 0 saturated carbocycles. The summed E-state index contributed by atoms with van der Waals surface area (Å²) in [7, 11) is 0. The van der Waals surface area contributed by atoms with Gasteiger partial charge in [0.25, 0.3) is 0 Å². The van der Waals surface area contributed by atoms with Crippen LogP contribution in [-0.2, 0) is 0 Å². The average Bonchev–Trinajstić information content (AvgIpc) is 2.39. The van der Waals surface area contributed by atoms with Crippen LogP contribution < -0.4 is 5.32 Å². The Labute approximate surface area is 84.3 Å². The van der Waals surface area contributed by atoms with E-state index in [1.165, 1.54) is 5.56 Å². The molecule has 0 aromatic heterocycles. The number of hydrogen-bond donors (Lipinski definition) is 1. The maximum atomic E-state index is 13.0. The summed E-state index contributed by atoms with van der Waals surface area (Å²) in [5, 5.41) is 3.33. The van der Waals surface area contributed by atoms with E-state index in [-0.39, 0.29) is 5.82 Å². The minimum absolute atomic E-state index is 0.159. The molecule has 14 heavy (non-hydrogen) atoms. The Balaban J connectivity index is 2.42. The van der Waals surface area contributed by atoms with Gasteiger partial charge >= 0.3 is 0 Å². The van der Waals surface area contributed by atoms with Gasteiger partial charge in [-0.1, -0.05) is 19.9 Å². The Morgan fingerprint density at radius 1 is 1.36 bits per heavy atom. The quantitative estimate of drug-likeness (QED) is 0.721. The highest BCUT2D eigenvalue weighted by Crippen LogP contribution is 2.40. The van der Waals surface area contributed by atoms with E-state index in [0.29, 0.717) is 17.9 Å². The van der Waals surface area contributed by atoms with Crippen molar-refractivity contribution in [2.45, 2.75) is 32.7 Å². The molecule has 0 saturated heterocycles. The molecule has 0 aliphatic carbocycles. The fourth-order valence-corrected chi connectivity index (χ4v) is 2.49. The minimum atomic E-state index is -0.159. The van der Waals surface area contributed by atoms with E-state index in [0.717, 1.165) is 5.69 Å². The third-order valence-corrected chi connectivity index (χ3v) is 3.01. The fraction of sp³-hybridized carbons (Fsp3) is 0.500. The second-order valence-corrected chi connectivity index (χ2v) is 4.43. The van der Waals surface area contributed by atoms with E-state index in [9.17, 15) is 4.39 Å². The van der Waals surface area contributed by atoms with Crippen LogP contribution in [0.1, 0.15) is 32.3 Å². The molecule has 0 bridgehead atoms. The van der Waals surface area contributed by atoms with Crippen LogP contribution in [0.4, 0.5) is 10.1 Å². The van der Waals surface area contributed by atoms with E-state index in [2.05, 4.69) is 26.1 Å². The van der Waals surface area contributed by atoms with Gasteiger partial charge in [-0.2, -0.15) is 0 Å². The third kappa shape index (κ3) is 1.39. The molecular weight excluding hydrogens is 177 g/mol. The Hall–Kier alpha value is -1.05. The number of nitrogens with one attached hydrogen (secondary N) is 1. The zero-order valence-electron chi connectivity index (χ0n) is 8.84. The zero-order valence-corrected chi connectivity index (χ0v) is 8.84. The molecule has 0 fully saturated rings. The predicted octanol–water partition coefficient (Wildman–Crippen LogP) is 3.38. The summed E-state index contributed by atoms with van der Waals surface area (Å²) >= 11 is 0. The molecular formula is C12H16FN. The summed E-state index contributed by atoms with van der Waals surface area (Å²) in [4.78, 5) is 0. The molecule has 2 heteroatoms. The smallest absolute Gasteiger partial charge is 0.125 e. The van der Waals surface area contributed by atoms with E-state index < -0.39 is 0 Å². The van der Waals surface area contributed by atoms with Gasteiger partial charge in [0.05, 0.1) is 0 Å². The number of fused-ring (bicyclic) bond motifs is 1. The summed E-state index contributed by atoms with van der Waals surface area (Å²) in [5.74, 6) is 0.933. The first-order valence-electron chi connectivity index (χ1n) is 5.15. The summed E-state index contributed by atoms with van der Waals surface area (Å²) < 4.78 is 13.0. The van der Waals surface area contributed by atoms with Gasteiger partial charge in [0.2, 0.25) is 0 Å². The summed E-state index contributed by atoms with van der Waals surface area (Å²) in [5.41, 5.74) is 2.23. The van der Waals surface area contributed by atoms with Crippen molar-refractivity contribution in [2.24, 2.45) is 5.92 Å². The molecule has 2 unspecified atom stereocenters. The zero-order chi connectivity index (χ0) is 10.3. The van der Waals surface area contributed by atoms with Crippen LogP contribution >= 0.6 is 0 Å². The number of rotatable bonds is 1. The third-order valence-electron chi connectivity index (χ3n) is 3.01. The van der Waals surface area contributed by atoms with Gasteiger partial charge in [-0.25, -0.2) is 4.39 Å². The van der Waals surface area contributed by atoms with Crippen LogP contribution in [0.3, 0.4) is 0 Å². The molecule has 1 heterocycles. The molecule has 2 rings (SSSR count). The van der Waals surface area contributed by atoms with Crippen molar-refractivity contribution in [3.63, 3.8) is 0 Å². The van der Waals surface area contributed by atoms with Crippen molar-refractivity contribution in [3.05, 3.63) is 29.6 Å². The molecule has 1 aromatic carbocycles. The fourth-order valence-electron chi connectivity index (χ4n) is 2.49. The highest BCUT2D eigenvalue weighted by molar-refractivity contribution is 5.59. The molecule has 1 aliphatic rings. The van der Waals surface area contributed by atoms with Crippen molar-refractivity contribution < 1.29 is 4.39 Å². The lowest BCUT2D eigenvalue weighted by molar-refractivity contribution is 0.472.